The molecule has 2 fully saturated rings. The number of fused-ring (bicyclic) bond motifs is 1. The molecular weight excluding hydrogens is 240 g/mol. The van der Waals surface area contributed by atoms with Crippen LogP contribution in [0.5, 0.6) is 0 Å². The summed E-state index contributed by atoms with van der Waals surface area (Å²) in [6.45, 7) is 5.30. The minimum atomic E-state index is -3.18. The molecule has 2 rings (SSSR count). The van der Waals surface area contributed by atoms with Crippen LogP contribution in [-0.2, 0) is 14.8 Å². The number of hydrogen-bond donors (Lipinski definition) is 0. The number of nitrogens with zero attached hydrogens (tertiary/aromatic N) is 2. The van der Waals surface area contributed by atoms with Crippen molar-refractivity contribution in [3.8, 4) is 0 Å². The summed E-state index contributed by atoms with van der Waals surface area (Å²) >= 11 is 0. The van der Waals surface area contributed by atoms with Crippen molar-refractivity contribution in [1.29, 1.82) is 0 Å². The van der Waals surface area contributed by atoms with E-state index in [0.29, 0.717) is 19.1 Å². The normalized spacial score (nSPS) is 29.2. The van der Waals surface area contributed by atoms with Gasteiger partial charge in [-0.05, 0) is 26.3 Å². The Morgan fingerprint density at radius 1 is 1.35 bits per heavy atom. The first-order chi connectivity index (χ1) is 8.05. The van der Waals surface area contributed by atoms with Gasteiger partial charge in [0.1, 0.15) is 0 Å². The first kappa shape index (κ1) is 13.3. The summed E-state index contributed by atoms with van der Waals surface area (Å²) in [5, 5.41) is -0.444. The van der Waals surface area contributed by atoms with Crippen LogP contribution >= 0.6 is 0 Å². The Kier molecular flexibility index (Phi) is 4.07. The molecule has 0 radical (unpaired) electrons. The van der Waals surface area contributed by atoms with Gasteiger partial charge >= 0.3 is 0 Å². The molecular formula is C11H22N2O3S. The fourth-order valence-electron chi connectivity index (χ4n) is 2.77. The smallest absolute Gasteiger partial charge is 0.219 e. The molecule has 0 saturated carbocycles. The molecule has 100 valence electrons. The van der Waals surface area contributed by atoms with Gasteiger partial charge < -0.3 is 4.74 Å². The van der Waals surface area contributed by atoms with Crippen LogP contribution in [0.15, 0.2) is 0 Å². The van der Waals surface area contributed by atoms with Gasteiger partial charge in [-0.3, -0.25) is 4.90 Å². The number of hydrogen-bond acceptors (Lipinski definition) is 4. The van der Waals surface area contributed by atoms with Gasteiger partial charge in [0.15, 0.2) is 0 Å². The maximum absolute atomic E-state index is 12.3. The highest BCUT2D eigenvalue weighted by Crippen LogP contribution is 2.24. The average molecular weight is 262 g/mol. The summed E-state index contributed by atoms with van der Waals surface area (Å²) < 4.78 is 31.2. The lowest BCUT2D eigenvalue weighted by molar-refractivity contribution is 0.153. The monoisotopic (exact) mass is 262 g/mol. The average Bonchev–Trinajstić information content (AvgIpc) is 2.76. The Balaban J connectivity index is 2.02. The molecule has 2 unspecified atom stereocenters. The third kappa shape index (κ3) is 2.65. The molecule has 0 aromatic carbocycles. The summed E-state index contributed by atoms with van der Waals surface area (Å²) in [6, 6.07) is 0.438. The second-order valence-corrected chi connectivity index (χ2v) is 7.35. The summed E-state index contributed by atoms with van der Waals surface area (Å²) in [5.41, 5.74) is 0. The van der Waals surface area contributed by atoms with Crippen LogP contribution in [0.3, 0.4) is 0 Å². The van der Waals surface area contributed by atoms with E-state index in [1.54, 1.807) is 18.3 Å². The van der Waals surface area contributed by atoms with Crippen LogP contribution in [0.2, 0.25) is 0 Å². The highest BCUT2D eigenvalue weighted by atomic mass is 32.2. The molecule has 6 heteroatoms. The summed E-state index contributed by atoms with van der Waals surface area (Å²) in [4.78, 5) is 2.41. The lowest BCUT2D eigenvalue weighted by Gasteiger charge is -2.37. The SMILES string of the molecule is COCC(C)S(=O)(=O)N1CCN2CCCC2C1. The molecule has 0 amide bonds. The van der Waals surface area contributed by atoms with Gasteiger partial charge in [-0.2, -0.15) is 4.31 Å². The molecule has 0 bridgehead atoms. The molecule has 0 aromatic rings. The summed E-state index contributed by atoms with van der Waals surface area (Å²) in [6.07, 6.45) is 2.33. The number of rotatable bonds is 4. The molecule has 2 aliphatic heterocycles. The van der Waals surface area contributed by atoms with Gasteiger partial charge in [-0.25, -0.2) is 8.42 Å². The Hall–Kier alpha value is -0.170. The topological polar surface area (TPSA) is 49.9 Å². The predicted molar refractivity (Wildman–Crippen MR) is 66.4 cm³/mol. The van der Waals surface area contributed by atoms with Crippen LogP contribution in [0.4, 0.5) is 0 Å². The molecule has 17 heavy (non-hydrogen) atoms. The molecule has 0 aliphatic carbocycles. The van der Waals surface area contributed by atoms with Crippen molar-refractivity contribution in [2.45, 2.75) is 31.1 Å². The van der Waals surface area contributed by atoms with Crippen molar-refractivity contribution in [2.24, 2.45) is 0 Å². The van der Waals surface area contributed by atoms with Crippen LogP contribution < -0.4 is 0 Å². The van der Waals surface area contributed by atoms with E-state index in [1.165, 1.54) is 6.42 Å². The quantitative estimate of drug-likeness (QED) is 0.723. The number of piperazine rings is 1. The first-order valence-corrected chi connectivity index (χ1v) is 7.78. The highest BCUT2D eigenvalue weighted by molar-refractivity contribution is 7.89. The molecule has 0 N–H and O–H groups in total. The third-order valence-electron chi connectivity index (χ3n) is 3.82. The molecule has 5 nitrogen and oxygen atoms in total. The molecule has 0 spiro atoms. The van der Waals surface area contributed by atoms with E-state index in [-0.39, 0.29) is 6.61 Å². The Morgan fingerprint density at radius 3 is 2.82 bits per heavy atom. The molecule has 2 atom stereocenters. The van der Waals surface area contributed by atoms with E-state index in [0.717, 1.165) is 19.5 Å². The van der Waals surface area contributed by atoms with Crippen molar-refractivity contribution in [1.82, 2.24) is 9.21 Å². The maximum atomic E-state index is 12.3. The Labute approximate surface area is 104 Å². The molecule has 0 aromatic heterocycles. The van der Waals surface area contributed by atoms with Crippen LogP contribution in [0.1, 0.15) is 19.8 Å². The highest BCUT2D eigenvalue weighted by Gasteiger charge is 2.37. The van der Waals surface area contributed by atoms with Crippen molar-refractivity contribution in [2.75, 3.05) is 39.9 Å². The van der Waals surface area contributed by atoms with E-state index in [2.05, 4.69) is 4.90 Å². The number of ether oxygens (including phenoxy) is 1. The zero-order valence-corrected chi connectivity index (χ0v) is 11.4. The minimum Gasteiger partial charge on any atom is -0.383 e. The fraction of sp³-hybridized carbons (Fsp3) is 1.00. The van der Waals surface area contributed by atoms with Crippen molar-refractivity contribution >= 4 is 10.0 Å². The second-order valence-electron chi connectivity index (χ2n) is 5.00. The minimum absolute atomic E-state index is 0.271. The van der Waals surface area contributed by atoms with Crippen LogP contribution in [0.25, 0.3) is 0 Å². The maximum Gasteiger partial charge on any atom is 0.219 e. The van der Waals surface area contributed by atoms with Gasteiger partial charge in [-0.1, -0.05) is 0 Å². The van der Waals surface area contributed by atoms with E-state index in [1.807, 2.05) is 0 Å². The fourth-order valence-corrected chi connectivity index (χ4v) is 4.30. The first-order valence-electron chi connectivity index (χ1n) is 6.27. The zero-order chi connectivity index (χ0) is 12.5. The van der Waals surface area contributed by atoms with Gasteiger partial charge in [0.05, 0.1) is 11.9 Å². The predicted octanol–water partition coefficient (Wildman–Crippen LogP) is 0.131. The van der Waals surface area contributed by atoms with Crippen molar-refractivity contribution in [3.63, 3.8) is 0 Å². The van der Waals surface area contributed by atoms with E-state index in [9.17, 15) is 8.42 Å². The number of methoxy groups -OCH3 is 1. The second kappa shape index (κ2) is 5.22. The lowest BCUT2D eigenvalue weighted by atomic mass is 10.2. The van der Waals surface area contributed by atoms with Crippen LogP contribution in [0, 0.1) is 0 Å². The van der Waals surface area contributed by atoms with Gasteiger partial charge in [0, 0.05) is 32.8 Å². The van der Waals surface area contributed by atoms with Gasteiger partial charge in [0.25, 0.3) is 0 Å². The van der Waals surface area contributed by atoms with Gasteiger partial charge in [0.2, 0.25) is 10.0 Å². The van der Waals surface area contributed by atoms with Crippen LogP contribution in [-0.4, -0.2) is 68.8 Å². The lowest BCUT2D eigenvalue weighted by Crippen LogP contribution is -2.54. The number of sulfonamides is 1. The van der Waals surface area contributed by atoms with E-state index >= 15 is 0 Å². The Morgan fingerprint density at radius 2 is 2.12 bits per heavy atom. The van der Waals surface area contributed by atoms with Crippen molar-refractivity contribution in [3.05, 3.63) is 0 Å². The molecule has 2 aliphatic rings. The summed E-state index contributed by atoms with van der Waals surface area (Å²) in [7, 11) is -1.64. The van der Waals surface area contributed by atoms with E-state index in [4.69, 9.17) is 4.74 Å². The summed E-state index contributed by atoms with van der Waals surface area (Å²) in [5.74, 6) is 0. The molecule has 2 saturated heterocycles. The van der Waals surface area contributed by atoms with Gasteiger partial charge in [-0.15, -0.1) is 0 Å². The van der Waals surface area contributed by atoms with E-state index < -0.39 is 15.3 Å². The third-order valence-corrected chi connectivity index (χ3v) is 6.02. The largest absolute Gasteiger partial charge is 0.383 e. The van der Waals surface area contributed by atoms with Crippen molar-refractivity contribution < 1.29 is 13.2 Å². The zero-order valence-electron chi connectivity index (χ0n) is 10.6. The standard InChI is InChI=1S/C11H22N2O3S/c1-10(9-16-2)17(14,15)13-7-6-12-5-3-4-11(12)8-13/h10-11H,3-9H2,1-2H3. The Bertz CT molecular complexity index is 358. The molecule has 2 heterocycles.